The SMILES string of the molecule is Cc1ccc(C)c(-n2nnc(CN)c2C(F)(F)F)c1. The van der Waals surface area contributed by atoms with Gasteiger partial charge in [0.15, 0.2) is 5.69 Å². The maximum atomic E-state index is 13.1. The van der Waals surface area contributed by atoms with Gasteiger partial charge in [-0.05, 0) is 31.0 Å². The number of nitrogens with zero attached hydrogens (tertiary/aromatic N) is 3. The van der Waals surface area contributed by atoms with Crippen LogP contribution in [0.15, 0.2) is 18.2 Å². The highest BCUT2D eigenvalue weighted by molar-refractivity contribution is 5.44. The van der Waals surface area contributed by atoms with E-state index in [4.69, 9.17) is 5.73 Å². The number of hydrogen-bond donors (Lipinski definition) is 1. The molecule has 0 radical (unpaired) electrons. The molecule has 0 aliphatic rings. The summed E-state index contributed by atoms with van der Waals surface area (Å²) in [5.74, 6) is 0. The Morgan fingerprint density at radius 2 is 1.95 bits per heavy atom. The van der Waals surface area contributed by atoms with Crippen LogP contribution in [-0.2, 0) is 12.7 Å². The van der Waals surface area contributed by atoms with Gasteiger partial charge in [0.1, 0.15) is 5.69 Å². The molecule has 0 fully saturated rings. The molecule has 2 aromatic rings. The minimum absolute atomic E-state index is 0.256. The molecule has 2 rings (SSSR count). The highest BCUT2D eigenvalue weighted by Gasteiger charge is 2.39. The lowest BCUT2D eigenvalue weighted by molar-refractivity contribution is -0.143. The lowest BCUT2D eigenvalue weighted by Gasteiger charge is -2.13. The molecule has 2 N–H and O–H groups in total. The Kier molecular flexibility index (Phi) is 3.32. The summed E-state index contributed by atoms with van der Waals surface area (Å²) in [7, 11) is 0. The summed E-state index contributed by atoms with van der Waals surface area (Å²) in [6.07, 6.45) is -4.55. The molecule has 0 aliphatic carbocycles. The van der Waals surface area contributed by atoms with Crippen LogP contribution in [0.25, 0.3) is 5.69 Å². The molecule has 0 amide bonds. The summed E-state index contributed by atoms with van der Waals surface area (Å²) in [4.78, 5) is 0. The Labute approximate surface area is 108 Å². The van der Waals surface area contributed by atoms with Gasteiger partial charge in [0.25, 0.3) is 0 Å². The summed E-state index contributed by atoms with van der Waals surface area (Å²) < 4.78 is 40.1. The van der Waals surface area contributed by atoms with Crippen LogP contribution in [0.5, 0.6) is 0 Å². The summed E-state index contributed by atoms with van der Waals surface area (Å²) in [6, 6.07) is 5.21. The van der Waals surface area contributed by atoms with E-state index >= 15 is 0 Å². The first-order valence-electron chi connectivity index (χ1n) is 5.64. The topological polar surface area (TPSA) is 56.7 Å². The van der Waals surface area contributed by atoms with E-state index in [0.29, 0.717) is 11.3 Å². The number of rotatable bonds is 2. The molecule has 0 saturated heterocycles. The van der Waals surface area contributed by atoms with Crippen molar-refractivity contribution in [1.29, 1.82) is 0 Å². The van der Waals surface area contributed by atoms with Crippen LogP contribution in [0, 0.1) is 13.8 Å². The van der Waals surface area contributed by atoms with Crippen molar-refractivity contribution in [2.24, 2.45) is 5.73 Å². The summed E-state index contributed by atoms with van der Waals surface area (Å²) in [5.41, 5.74) is 6.01. The Morgan fingerprint density at radius 1 is 1.26 bits per heavy atom. The van der Waals surface area contributed by atoms with Gasteiger partial charge in [0.2, 0.25) is 0 Å². The van der Waals surface area contributed by atoms with Crippen LogP contribution < -0.4 is 5.73 Å². The normalized spacial score (nSPS) is 11.9. The summed E-state index contributed by atoms with van der Waals surface area (Å²) in [5, 5.41) is 7.11. The van der Waals surface area contributed by atoms with Crippen molar-refractivity contribution in [2.75, 3.05) is 0 Å². The zero-order valence-corrected chi connectivity index (χ0v) is 10.5. The molecule has 0 spiro atoms. The minimum atomic E-state index is -4.55. The van der Waals surface area contributed by atoms with Gasteiger partial charge in [0.05, 0.1) is 5.69 Å². The average molecular weight is 270 g/mol. The van der Waals surface area contributed by atoms with Crippen molar-refractivity contribution in [1.82, 2.24) is 15.0 Å². The fourth-order valence-electron chi connectivity index (χ4n) is 1.85. The molecule has 1 aromatic carbocycles. The van der Waals surface area contributed by atoms with Crippen molar-refractivity contribution < 1.29 is 13.2 Å². The van der Waals surface area contributed by atoms with Crippen LogP contribution in [0.1, 0.15) is 22.5 Å². The first-order chi connectivity index (χ1) is 8.84. The van der Waals surface area contributed by atoms with Crippen LogP contribution in [0.3, 0.4) is 0 Å². The number of benzene rings is 1. The third kappa shape index (κ3) is 2.46. The summed E-state index contributed by atoms with van der Waals surface area (Å²) >= 11 is 0. The van der Waals surface area contributed by atoms with Gasteiger partial charge in [-0.1, -0.05) is 17.3 Å². The zero-order valence-electron chi connectivity index (χ0n) is 10.5. The second-order valence-electron chi connectivity index (χ2n) is 4.29. The van der Waals surface area contributed by atoms with E-state index in [0.717, 1.165) is 10.2 Å². The van der Waals surface area contributed by atoms with Gasteiger partial charge in [0, 0.05) is 6.54 Å². The number of alkyl halides is 3. The number of hydrogen-bond acceptors (Lipinski definition) is 3. The van der Waals surface area contributed by atoms with Crippen LogP contribution in [-0.4, -0.2) is 15.0 Å². The van der Waals surface area contributed by atoms with Crippen molar-refractivity contribution in [3.8, 4) is 5.69 Å². The second kappa shape index (κ2) is 4.65. The largest absolute Gasteiger partial charge is 0.435 e. The molecule has 7 heteroatoms. The Bertz CT molecular complexity index is 602. The standard InChI is InChI=1S/C12H13F3N4/c1-7-3-4-8(2)10(5-7)19-11(12(13,14)15)9(6-16)17-18-19/h3-5H,6,16H2,1-2H3. The van der Waals surface area contributed by atoms with E-state index in [2.05, 4.69) is 10.3 Å². The Balaban J connectivity index is 2.69. The highest BCUT2D eigenvalue weighted by Crippen LogP contribution is 2.33. The summed E-state index contributed by atoms with van der Waals surface area (Å²) in [6.45, 7) is 3.22. The lowest BCUT2D eigenvalue weighted by atomic mass is 10.1. The van der Waals surface area contributed by atoms with E-state index in [1.807, 2.05) is 6.07 Å². The molecule has 1 heterocycles. The molecule has 0 atom stereocenters. The van der Waals surface area contributed by atoms with Gasteiger partial charge < -0.3 is 5.73 Å². The number of nitrogens with two attached hydrogens (primary N) is 1. The van der Waals surface area contributed by atoms with Crippen molar-refractivity contribution >= 4 is 0 Å². The average Bonchev–Trinajstić information content (AvgIpc) is 2.75. The maximum absolute atomic E-state index is 13.1. The monoisotopic (exact) mass is 270 g/mol. The fourth-order valence-corrected chi connectivity index (χ4v) is 1.85. The molecular formula is C12H13F3N4. The molecule has 0 bridgehead atoms. The van der Waals surface area contributed by atoms with E-state index in [1.165, 1.54) is 0 Å². The molecule has 19 heavy (non-hydrogen) atoms. The molecule has 102 valence electrons. The first kappa shape index (κ1) is 13.5. The Morgan fingerprint density at radius 3 is 2.53 bits per heavy atom. The third-order valence-electron chi connectivity index (χ3n) is 2.79. The quantitative estimate of drug-likeness (QED) is 0.911. The molecule has 0 unspecified atom stereocenters. The van der Waals surface area contributed by atoms with Gasteiger partial charge >= 0.3 is 6.18 Å². The molecular weight excluding hydrogens is 257 g/mol. The highest BCUT2D eigenvalue weighted by atomic mass is 19.4. The molecule has 4 nitrogen and oxygen atoms in total. The predicted molar refractivity (Wildman–Crippen MR) is 63.7 cm³/mol. The number of aryl methyl sites for hydroxylation is 2. The smallest absolute Gasteiger partial charge is 0.325 e. The maximum Gasteiger partial charge on any atom is 0.435 e. The van der Waals surface area contributed by atoms with Gasteiger partial charge in [-0.15, -0.1) is 5.10 Å². The number of aromatic nitrogens is 3. The van der Waals surface area contributed by atoms with E-state index in [1.54, 1.807) is 26.0 Å². The van der Waals surface area contributed by atoms with E-state index < -0.39 is 11.9 Å². The van der Waals surface area contributed by atoms with E-state index in [9.17, 15) is 13.2 Å². The van der Waals surface area contributed by atoms with Gasteiger partial charge in [-0.2, -0.15) is 13.2 Å². The van der Waals surface area contributed by atoms with Gasteiger partial charge in [-0.3, -0.25) is 0 Å². The minimum Gasteiger partial charge on any atom is -0.325 e. The third-order valence-corrected chi connectivity index (χ3v) is 2.79. The van der Waals surface area contributed by atoms with Crippen LogP contribution >= 0.6 is 0 Å². The second-order valence-corrected chi connectivity index (χ2v) is 4.29. The van der Waals surface area contributed by atoms with Crippen LogP contribution in [0.2, 0.25) is 0 Å². The molecule has 0 saturated carbocycles. The lowest BCUT2D eigenvalue weighted by Crippen LogP contribution is -2.17. The van der Waals surface area contributed by atoms with Crippen LogP contribution in [0.4, 0.5) is 13.2 Å². The van der Waals surface area contributed by atoms with Crippen molar-refractivity contribution in [3.05, 3.63) is 40.7 Å². The molecule has 1 aromatic heterocycles. The molecule has 0 aliphatic heterocycles. The predicted octanol–water partition coefficient (Wildman–Crippen LogP) is 2.36. The van der Waals surface area contributed by atoms with Crippen molar-refractivity contribution in [2.45, 2.75) is 26.6 Å². The van der Waals surface area contributed by atoms with Gasteiger partial charge in [-0.25, -0.2) is 4.68 Å². The zero-order chi connectivity index (χ0) is 14.2. The number of halogens is 3. The fraction of sp³-hybridized carbons (Fsp3) is 0.333. The Hall–Kier alpha value is -1.89. The van der Waals surface area contributed by atoms with Crippen molar-refractivity contribution in [3.63, 3.8) is 0 Å². The van der Waals surface area contributed by atoms with E-state index in [-0.39, 0.29) is 12.2 Å². The first-order valence-corrected chi connectivity index (χ1v) is 5.64.